The number of nitrogens with zero attached hydrogens (tertiary/aromatic N) is 2. The lowest BCUT2D eigenvalue weighted by molar-refractivity contribution is -0.187. The minimum atomic E-state index is -4.35. The molecule has 6 nitrogen and oxygen atoms in total. The van der Waals surface area contributed by atoms with Crippen LogP contribution in [0.5, 0.6) is 0 Å². The molecule has 0 spiro atoms. The van der Waals surface area contributed by atoms with Crippen molar-refractivity contribution >= 4 is 11.9 Å². The lowest BCUT2D eigenvalue weighted by atomic mass is 9.84. The smallest absolute Gasteiger partial charge is 0.348 e. The van der Waals surface area contributed by atoms with Gasteiger partial charge >= 0.3 is 6.18 Å². The maximum atomic E-state index is 13.0. The van der Waals surface area contributed by atoms with Crippen LogP contribution >= 0.6 is 0 Å². The van der Waals surface area contributed by atoms with Gasteiger partial charge in [0.05, 0.1) is 5.92 Å². The van der Waals surface area contributed by atoms with Crippen molar-refractivity contribution in [3.05, 3.63) is 22.1 Å². The van der Waals surface area contributed by atoms with Gasteiger partial charge < -0.3 is 10.2 Å². The van der Waals surface area contributed by atoms with Gasteiger partial charge in [0.15, 0.2) is 0 Å². The van der Waals surface area contributed by atoms with Gasteiger partial charge in [-0.05, 0) is 12.8 Å². The summed E-state index contributed by atoms with van der Waals surface area (Å²) >= 11 is 0. The number of halogens is 3. The number of amides is 1. The van der Waals surface area contributed by atoms with Gasteiger partial charge in [-0.15, -0.1) is 0 Å². The number of carbonyl (C=O) groups is 1. The zero-order chi connectivity index (χ0) is 17.2. The van der Waals surface area contributed by atoms with Crippen LogP contribution < -0.4 is 15.8 Å². The Hall–Kier alpha value is -2.06. The van der Waals surface area contributed by atoms with Gasteiger partial charge in [-0.3, -0.25) is 14.6 Å². The number of hydrogen-bond donors (Lipinski definition) is 2. The molecular formula is C14H19F3N4O2. The molecule has 2 rings (SSSR count). The van der Waals surface area contributed by atoms with E-state index < -0.39 is 29.6 Å². The molecule has 128 valence electrons. The van der Waals surface area contributed by atoms with Gasteiger partial charge in [-0.1, -0.05) is 12.8 Å². The van der Waals surface area contributed by atoms with Crippen LogP contribution in [0.15, 0.2) is 10.9 Å². The number of hydrogen-bond acceptors (Lipinski definition) is 4. The number of aromatic nitrogens is 2. The van der Waals surface area contributed by atoms with Crippen molar-refractivity contribution in [2.45, 2.75) is 37.9 Å². The predicted octanol–water partition coefficient (Wildman–Crippen LogP) is 1.69. The summed E-state index contributed by atoms with van der Waals surface area (Å²) < 4.78 is 39.1. The van der Waals surface area contributed by atoms with Crippen molar-refractivity contribution in [3.8, 4) is 0 Å². The second-order valence-electron chi connectivity index (χ2n) is 5.86. The Bertz CT molecular complexity index is 627. The van der Waals surface area contributed by atoms with Crippen LogP contribution in [-0.4, -0.2) is 42.2 Å². The molecule has 1 heterocycles. The molecule has 1 fully saturated rings. The minimum Gasteiger partial charge on any atom is -0.348 e. The topological polar surface area (TPSA) is 78.1 Å². The second-order valence-corrected chi connectivity index (χ2v) is 5.86. The summed E-state index contributed by atoms with van der Waals surface area (Å²) in [6, 6.07) is -0.00606. The van der Waals surface area contributed by atoms with E-state index in [9.17, 15) is 22.8 Å². The molecule has 1 aromatic heterocycles. The number of alkyl halides is 3. The van der Waals surface area contributed by atoms with Crippen LogP contribution in [0.2, 0.25) is 0 Å². The van der Waals surface area contributed by atoms with E-state index in [0.717, 1.165) is 6.07 Å². The molecule has 1 aromatic rings. The number of rotatable bonds is 3. The van der Waals surface area contributed by atoms with Gasteiger partial charge in [0.25, 0.3) is 11.5 Å². The molecule has 1 aliphatic rings. The Morgan fingerprint density at radius 2 is 2.00 bits per heavy atom. The van der Waals surface area contributed by atoms with E-state index in [0.29, 0.717) is 12.8 Å². The van der Waals surface area contributed by atoms with Crippen molar-refractivity contribution in [3.63, 3.8) is 0 Å². The fourth-order valence-corrected chi connectivity index (χ4v) is 2.71. The molecule has 1 saturated carbocycles. The predicted molar refractivity (Wildman–Crippen MR) is 78.5 cm³/mol. The summed E-state index contributed by atoms with van der Waals surface area (Å²) in [4.78, 5) is 31.7. The van der Waals surface area contributed by atoms with Gasteiger partial charge in [0.2, 0.25) is 5.95 Å². The van der Waals surface area contributed by atoms with E-state index in [1.165, 1.54) is 4.90 Å². The van der Waals surface area contributed by atoms with Gasteiger partial charge in [-0.25, -0.2) is 4.98 Å². The molecule has 1 amide bonds. The summed E-state index contributed by atoms with van der Waals surface area (Å²) in [5.74, 6) is -2.16. The first kappa shape index (κ1) is 17.3. The van der Waals surface area contributed by atoms with Gasteiger partial charge in [0, 0.05) is 26.2 Å². The molecule has 2 N–H and O–H groups in total. The molecule has 0 radical (unpaired) electrons. The molecule has 0 bridgehead atoms. The van der Waals surface area contributed by atoms with Crippen LogP contribution in [0.1, 0.15) is 36.2 Å². The first-order chi connectivity index (χ1) is 10.7. The SMILES string of the molecule is CN(C)c1nc(C(=O)N[C@H]2CCCC[C@H]2C(F)(F)F)cc(=O)[nH]1. The highest BCUT2D eigenvalue weighted by Crippen LogP contribution is 2.37. The Morgan fingerprint density at radius 1 is 1.35 bits per heavy atom. The molecular weight excluding hydrogens is 313 g/mol. The number of H-pyrrole nitrogens is 1. The summed E-state index contributed by atoms with van der Waals surface area (Å²) in [5.41, 5.74) is -0.728. The molecule has 9 heteroatoms. The zero-order valence-electron chi connectivity index (χ0n) is 12.9. The largest absolute Gasteiger partial charge is 0.393 e. The average molecular weight is 332 g/mol. The molecule has 1 aliphatic carbocycles. The standard InChI is InChI=1S/C14H19F3N4O2/c1-21(2)13-19-10(7-11(22)20-13)12(23)18-9-6-4-3-5-8(9)14(15,16)17/h7-9H,3-6H2,1-2H3,(H,18,23)(H,19,20,22)/t8-,9+/m1/s1. The van der Waals surface area contributed by atoms with Crippen LogP contribution in [0.4, 0.5) is 19.1 Å². The Balaban J connectivity index is 2.19. The lowest BCUT2D eigenvalue weighted by Crippen LogP contribution is -2.48. The first-order valence-electron chi connectivity index (χ1n) is 7.34. The summed E-state index contributed by atoms with van der Waals surface area (Å²) in [5, 5.41) is 2.39. The van der Waals surface area contributed by atoms with Crippen molar-refractivity contribution < 1.29 is 18.0 Å². The quantitative estimate of drug-likeness (QED) is 0.883. The summed E-state index contributed by atoms with van der Waals surface area (Å²) in [7, 11) is 3.25. The van der Waals surface area contributed by atoms with E-state index in [-0.39, 0.29) is 24.5 Å². The van der Waals surface area contributed by atoms with Crippen LogP contribution in [0.3, 0.4) is 0 Å². The Morgan fingerprint density at radius 3 is 2.61 bits per heavy atom. The normalized spacial score (nSPS) is 21.8. The third-order valence-electron chi connectivity index (χ3n) is 3.89. The average Bonchev–Trinajstić information content (AvgIpc) is 2.46. The maximum Gasteiger partial charge on any atom is 0.393 e. The maximum absolute atomic E-state index is 13.0. The van der Waals surface area contributed by atoms with Gasteiger partial charge in [0.1, 0.15) is 5.69 Å². The van der Waals surface area contributed by atoms with E-state index in [4.69, 9.17) is 0 Å². The van der Waals surface area contributed by atoms with E-state index >= 15 is 0 Å². The third kappa shape index (κ3) is 4.23. The highest BCUT2D eigenvalue weighted by Gasteiger charge is 2.46. The zero-order valence-corrected chi connectivity index (χ0v) is 12.9. The fourth-order valence-electron chi connectivity index (χ4n) is 2.71. The summed E-state index contributed by atoms with van der Waals surface area (Å²) in [6.45, 7) is 0. The molecule has 23 heavy (non-hydrogen) atoms. The highest BCUT2D eigenvalue weighted by molar-refractivity contribution is 5.92. The van der Waals surface area contributed by atoms with E-state index in [2.05, 4.69) is 15.3 Å². The minimum absolute atomic E-state index is 0.000194. The van der Waals surface area contributed by atoms with Crippen molar-refractivity contribution in [2.75, 3.05) is 19.0 Å². The van der Waals surface area contributed by atoms with Crippen molar-refractivity contribution in [2.24, 2.45) is 5.92 Å². The number of nitrogens with one attached hydrogen (secondary N) is 2. The molecule has 0 unspecified atom stereocenters. The fraction of sp³-hybridized carbons (Fsp3) is 0.643. The van der Waals surface area contributed by atoms with Crippen LogP contribution in [0.25, 0.3) is 0 Å². The number of carbonyl (C=O) groups excluding carboxylic acids is 1. The van der Waals surface area contributed by atoms with Gasteiger partial charge in [-0.2, -0.15) is 13.2 Å². The molecule has 2 atom stereocenters. The second kappa shape index (κ2) is 6.59. The van der Waals surface area contributed by atoms with Crippen molar-refractivity contribution in [1.82, 2.24) is 15.3 Å². The lowest BCUT2D eigenvalue weighted by Gasteiger charge is -2.33. The third-order valence-corrected chi connectivity index (χ3v) is 3.89. The van der Waals surface area contributed by atoms with E-state index in [1.54, 1.807) is 14.1 Å². The Labute approximate surface area is 131 Å². The van der Waals surface area contributed by atoms with E-state index in [1.807, 2.05) is 0 Å². The molecule has 0 saturated heterocycles. The van der Waals surface area contributed by atoms with Crippen molar-refractivity contribution in [1.29, 1.82) is 0 Å². The molecule has 0 aromatic carbocycles. The highest BCUT2D eigenvalue weighted by atomic mass is 19.4. The number of aromatic amines is 1. The Kier molecular flexibility index (Phi) is 4.96. The van der Waals surface area contributed by atoms with Crippen LogP contribution in [-0.2, 0) is 0 Å². The van der Waals surface area contributed by atoms with Crippen LogP contribution in [0, 0.1) is 5.92 Å². The molecule has 0 aliphatic heterocycles. The summed E-state index contributed by atoms with van der Waals surface area (Å²) in [6.07, 6.45) is -2.97. The first-order valence-corrected chi connectivity index (χ1v) is 7.34. The monoisotopic (exact) mass is 332 g/mol. The number of anilines is 1.